The summed E-state index contributed by atoms with van der Waals surface area (Å²) in [6.45, 7) is 7.66. The van der Waals surface area contributed by atoms with Gasteiger partial charge in [-0.25, -0.2) is 4.79 Å². The molecule has 0 radical (unpaired) electrons. The number of aryl methyl sites for hydroxylation is 2. The molecule has 0 unspecified atom stereocenters. The Kier molecular flexibility index (Phi) is 7.46. The lowest BCUT2D eigenvalue weighted by Gasteiger charge is -2.45. The van der Waals surface area contributed by atoms with Crippen molar-refractivity contribution in [2.75, 3.05) is 13.1 Å². The first-order valence-corrected chi connectivity index (χ1v) is 10.8. The van der Waals surface area contributed by atoms with Gasteiger partial charge in [-0.1, -0.05) is 35.5 Å². The second-order valence-electron chi connectivity index (χ2n) is 8.57. The molecule has 10 heteroatoms. The van der Waals surface area contributed by atoms with E-state index in [2.05, 4.69) is 39.2 Å². The number of halogens is 3. The van der Waals surface area contributed by atoms with Crippen molar-refractivity contribution in [3.8, 4) is 0 Å². The number of aromatic nitrogens is 1. The average molecular weight is 467 g/mol. The molecule has 2 aliphatic rings. The molecule has 0 atom stereocenters. The lowest BCUT2D eigenvalue weighted by molar-refractivity contribution is -0.192. The topological polar surface area (TPSA) is 86.9 Å². The van der Waals surface area contributed by atoms with Crippen molar-refractivity contribution in [2.45, 2.75) is 64.3 Å². The summed E-state index contributed by atoms with van der Waals surface area (Å²) < 4.78 is 37.0. The smallest absolute Gasteiger partial charge is 0.475 e. The molecule has 2 aromatic rings. The number of carbonyl (C=O) groups excluding carboxylic acids is 1. The van der Waals surface area contributed by atoms with Gasteiger partial charge in [0.15, 0.2) is 0 Å². The van der Waals surface area contributed by atoms with Crippen LogP contribution in [0.15, 0.2) is 34.9 Å². The number of carboxylic acid groups (broad SMARTS) is 1. The number of hydrogen-bond donors (Lipinski definition) is 1. The molecular weight excluding hydrogens is 439 g/mol. The van der Waals surface area contributed by atoms with Gasteiger partial charge in [-0.05, 0) is 38.7 Å². The second-order valence-corrected chi connectivity index (χ2v) is 8.57. The first-order valence-electron chi connectivity index (χ1n) is 10.8. The van der Waals surface area contributed by atoms with E-state index in [9.17, 15) is 18.0 Å². The van der Waals surface area contributed by atoms with Gasteiger partial charge >= 0.3 is 12.1 Å². The van der Waals surface area contributed by atoms with Crippen LogP contribution in [-0.4, -0.2) is 56.7 Å². The number of aliphatic carboxylic acids is 1. The molecule has 4 rings (SSSR count). The van der Waals surface area contributed by atoms with E-state index < -0.39 is 12.1 Å². The number of hydrogen-bond acceptors (Lipinski definition) is 5. The standard InChI is InChI=1S/C21H27N3O2.C2HF3O2/c1-16-19(17(2)26-22-16)15-23-12-10-21(11-13-23)9-8-20(25)24(21)14-18-6-4-3-5-7-18;3-2(4,5)1(6)7/h3-7H,8-15H2,1-2H3;(H,6,7). The van der Waals surface area contributed by atoms with Gasteiger partial charge in [0.2, 0.25) is 5.91 Å². The first-order chi connectivity index (χ1) is 15.5. The second kappa shape index (κ2) is 9.94. The van der Waals surface area contributed by atoms with Crippen LogP contribution in [0.2, 0.25) is 0 Å². The van der Waals surface area contributed by atoms with Crippen molar-refractivity contribution in [1.29, 1.82) is 0 Å². The highest BCUT2D eigenvalue weighted by Crippen LogP contribution is 2.40. The molecule has 2 fully saturated rings. The molecule has 33 heavy (non-hydrogen) atoms. The maximum absolute atomic E-state index is 12.6. The van der Waals surface area contributed by atoms with Gasteiger partial charge in [0, 0.05) is 43.7 Å². The minimum Gasteiger partial charge on any atom is -0.475 e. The fourth-order valence-corrected chi connectivity index (χ4v) is 4.49. The number of amides is 1. The van der Waals surface area contributed by atoms with Crippen LogP contribution < -0.4 is 0 Å². The summed E-state index contributed by atoms with van der Waals surface area (Å²) in [5.74, 6) is -1.52. The number of alkyl halides is 3. The molecule has 1 amide bonds. The van der Waals surface area contributed by atoms with Crippen LogP contribution in [0, 0.1) is 13.8 Å². The van der Waals surface area contributed by atoms with Crippen molar-refractivity contribution >= 4 is 11.9 Å². The summed E-state index contributed by atoms with van der Waals surface area (Å²) in [7, 11) is 0. The molecule has 0 bridgehead atoms. The summed E-state index contributed by atoms with van der Waals surface area (Å²) in [6, 6.07) is 10.4. The van der Waals surface area contributed by atoms with Crippen LogP contribution in [-0.2, 0) is 22.7 Å². The lowest BCUT2D eigenvalue weighted by Crippen LogP contribution is -2.52. The molecule has 0 aliphatic carbocycles. The maximum Gasteiger partial charge on any atom is 0.490 e. The molecule has 3 heterocycles. The largest absolute Gasteiger partial charge is 0.490 e. The summed E-state index contributed by atoms with van der Waals surface area (Å²) >= 11 is 0. The van der Waals surface area contributed by atoms with Crippen molar-refractivity contribution < 1.29 is 32.4 Å². The Labute approximate surface area is 190 Å². The molecule has 0 saturated carbocycles. The van der Waals surface area contributed by atoms with Crippen LogP contribution in [0.3, 0.4) is 0 Å². The number of nitrogens with zero attached hydrogens (tertiary/aromatic N) is 3. The summed E-state index contributed by atoms with van der Waals surface area (Å²) in [6.07, 6.45) is -1.29. The normalized spacial score (nSPS) is 18.3. The van der Waals surface area contributed by atoms with E-state index in [1.54, 1.807) is 0 Å². The van der Waals surface area contributed by atoms with Gasteiger partial charge < -0.3 is 14.5 Å². The zero-order chi connectivity index (χ0) is 24.2. The van der Waals surface area contributed by atoms with E-state index in [-0.39, 0.29) is 5.54 Å². The molecule has 1 aromatic carbocycles. The molecule has 1 spiro atoms. The zero-order valence-electron chi connectivity index (χ0n) is 18.7. The van der Waals surface area contributed by atoms with Crippen LogP contribution in [0.5, 0.6) is 0 Å². The third-order valence-electron chi connectivity index (χ3n) is 6.45. The lowest BCUT2D eigenvalue weighted by atomic mass is 9.84. The third kappa shape index (κ3) is 5.93. The van der Waals surface area contributed by atoms with Crippen molar-refractivity contribution in [3.63, 3.8) is 0 Å². The van der Waals surface area contributed by atoms with E-state index in [1.807, 2.05) is 19.9 Å². The molecule has 1 aromatic heterocycles. The first kappa shape index (κ1) is 24.8. The molecular formula is C23H28F3N3O4. The van der Waals surface area contributed by atoms with E-state index in [0.29, 0.717) is 12.3 Å². The van der Waals surface area contributed by atoms with Crippen molar-refractivity contribution in [2.24, 2.45) is 0 Å². The highest BCUT2D eigenvalue weighted by molar-refractivity contribution is 5.79. The van der Waals surface area contributed by atoms with Crippen molar-refractivity contribution in [3.05, 3.63) is 52.9 Å². The highest BCUT2D eigenvalue weighted by atomic mass is 19.4. The van der Waals surface area contributed by atoms with Crippen LogP contribution in [0.25, 0.3) is 0 Å². The number of benzene rings is 1. The zero-order valence-corrected chi connectivity index (χ0v) is 18.7. The fourth-order valence-electron chi connectivity index (χ4n) is 4.49. The molecule has 2 saturated heterocycles. The Morgan fingerprint density at radius 1 is 1.12 bits per heavy atom. The third-order valence-corrected chi connectivity index (χ3v) is 6.45. The predicted molar refractivity (Wildman–Crippen MR) is 113 cm³/mol. The van der Waals surface area contributed by atoms with Gasteiger partial charge in [0.05, 0.1) is 5.69 Å². The van der Waals surface area contributed by atoms with Gasteiger partial charge in [0.1, 0.15) is 5.76 Å². The number of rotatable bonds is 4. The van der Waals surface area contributed by atoms with Crippen LogP contribution >= 0.6 is 0 Å². The summed E-state index contributed by atoms with van der Waals surface area (Å²) in [4.78, 5) is 26.1. The Morgan fingerprint density at radius 3 is 2.24 bits per heavy atom. The molecule has 180 valence electrons. The Morgan fingerprint density at radius 2 is 1.73 bits per heavy atom. The number of carboxylic acids is 1. The summed E-state index contributed by atoms with van der Waals surface area (Å²) in [5, 5.41) is 11.2. The fraction of sp³-hybridized carbons (Fsp3) is 0.522. The van der Waals surface area contributed by atoms with Crippen LogP contribution in [0.4, 0.5) is 13.2 Å². The van der Waals surface area contributed by atoms with E-state index in [4.69, 9.17) is 14.4 Å². The quantitative estimate of drug-likeness (QED) is 0.729. The van der Waals surface area contributed by atoms with E-state index >= 15 is 0 Å². The Balaban J connectivity index is 0.000000383. The Hall–Kier alpha value is -2.88. The molecule has 7 nitrogen and oxygen atoms in total. The minimum atomic E-state index is -5.08. The number of likely N-dealkylation sites (tertiary alicyclic amines) is 2. The molecule has 2 aliphatic heterocycles. The minimum absolute atomic E-state index is 0.0438. The van der Waals surface area contributed by atoms with Gasteiger partial charge in [-0.3, -0.25) is 9.69 Å². The van der Waals surface area contributed by atoms with E-state index in [1.165, 1.54) is 11.1 Å². The monoisotopic (exact) mass is 467 g/mol. The van der Waals surface area contributed by atoms with Crippen LogP contribution in [0.1, 0.15) is 48.3 Å². The summed E-state index contributed by atoms with van der Waals surface area (Å²) in [5.41, 5.74) is 3.47. The predicted octanol–water partition coefficient (Wildman–Crippen LogP) is 4.08. The average Bonchev–Trinajstić information content (AvgIpc) is 3.24. The Bertz CT molecular complexity index is 948. The van der Waals surface area contributed by atoms with Gasteiger partial charge in [-0.15, -0.1) is 0 Å². The number of piperidine rings is 1. The van der Waals surface area contributed by atoms with Crippen molar-refractivity contribution in [1.82, 2.24) is 15.0 Å². The molecule has 1 N–H and O–H groups in total. The number of carbonyl (C=O) groups is 2. The van der Waals surface area contributed by atoms with Gasteiger partial charge in [0.25, 0.3) is 0 Å². The van der Waals surface area contributed by atoms with E-state index in [0.717, 1.165) is 56.9 Å². The maximum atomic E-state index is 12.6. The van der Waals surface area contributed by atoms with Gasteiger partial charge in [-0.2, -0.15) is 13.2 Å². The SMILES string of the molecule is Cc1noc(C)c1CN1CCC2(CCC(=O)N2Cc2ccccc2)CC1.O=C(O)C(F)(F)F. The highest BCUT2D eigenvalue weighted by Gasteiger charge is 2.46.